The SMILES string of the molecule is C.C=C.CN(C(=O)c1ccccn1)C(C)(C)C.CN(C(=O)c1ncccc1Br)C(C)(C)C.C[Si](C)(C)Cl.O=C(O)c1ccccn1. The molecule has 0 spiro atoms. The highest BCUT2D eigenvalue weighted by Crippen LogP contribution is 2.19. The van der Waals surface area contributed by atoms with Crippen LogP contribution in [0.2, 0.25) is 19.6 Å². The molecule has 0 radical (unpaired) electrons. The molecule has 0 saturated carbocycles. The molecule has 46 heavy (non-hydrogen) atoms. The molecule has 12 heteroatoms. The normalized spacial score (nSPS) is 10.2. The van der Waals surface area contributed by atoms with Gasteiger partial charge < -0.3 is 14.9 Å². The van der Waals surface area contributed by atoms with Crippen LogP contribution in [0.1, 0.15) is 80.4 Å². The lowest BCUT2D eigenvalue weighted by atomic mass is 10.1. The summed E-state index contributed by atoms with van der Waals surface area (Å²) in [7, 11) is 2.43. The predicted octanol–water partition coefficient (Wildman–Crippen LogP) is 8.94. The summed E-state index contributed by atoms with van der Waals surface area (Å²) in [6.45, 7) is 24.2. The van der Waals surface area contributed by atoms with Gasteiger partial charge in [-0.05, 0) is 93.9 Å². The van der Waals surface area contributed by atoms with Gasteiger partial charge in [0.15, 0.2) is 0 Å². The van der Waals surface area contributed by atoms with Crippen LogP contribution in [-0.4, -0.2) is 80.2 Å². The number of carboxylic acids is 1. The number of amides is 2. The summed E-state index contributed by atoms with van der Waals surface area (Å²) in [4.78, 5) is 49.1. The molecular weight excluding hydrogens is 686 g/mol. The van der Waals surface area contributed by atoms with E-state index in [1.165, 1.54) is 12.3 Å². The number of hydrogen-bond donors (Lipinski definition) is 1. The first-order chi connectivity index (χ1) is 20.6. The van der Waals surface area contributed by atoms with E-state index >= 15 is 0 Å². The molecule has 0 aliphatic carbocycles. The van der Waals surface area contributed by atoms with Gasteiger partial charge in [-0.15, -0.1) is 13.2 Å². The largest absolute Gasteiger partial charge is 0.477 e. The van der Waals surface area contributed by atoms with Crippen molar-refractivity contribution < 1.29 is 19.5 Å². The second-order valence-corrected chi connectivity index (χ2v) is 20.6. The molecule has 1 N–H and O–H groups in total. The number of aromatic carboxylic acids is 1. The maximum Gasteiger partial charge on any atom is 0.354 e. The van der Waals surface area contributed by atoms with Crippen LogP contribution in [0.15, 0.2) is 84.8 Å². The second-order valence-electron chi connectivity index (χ2n) is 12.2. The van der Waals surface area contributed by atoms with Crippen molar-refractivity contribution >= 4 is 52.2 Å². The van der Waals surface area contributed by atoms with Crippen LogP contribution in [0.5, 0.6) is 0 Å². The molecule has 0 aromatic carbocycles. The molecule has 0 aliphatic heterocycles. The first-order valence-electron chi connectivity index (χ1n) is 14.0. The Hall–Kier alpha value is -3.41. The lowest BCUT2D eigenvalue weighted by Gasteiger charge is -2.31. The van der Waals surface area contributed by atoms with Crippen LogP contribution in [-0.2, 0) is 0 Å². The molecule has 3 rings (SSSR count). The van der Waals surface area contributed by atoms with Crippen LogP contribution >= 0.6 is 27.0 Å². The average Bonchev–Trinajstić information content (AvgIpc) is 2.96. The number of carboxylic acid groups (broad SMARTS) is 1. The van der Waals surface area contributed by atoms with E-state index in [9.17, 15) is 14.4 Å². The zero-order chi connectivity index (χ0) is 35.6. The van der Waals surface area contributed by atoms with Crippen molar-refractivity contribution in [1.29, 1.82) is 0 Å². The van der Waals surface area contributed by atoms with E-state index in [1.54, 1.807) is 66.6 Å². The maximum atomic E-state index is 12.0. The molecule has 3 aromatic rings. The first-order valence-corrected chi connectivity index (χ1v) is 19.3. The van der Waals surface area contributed by atoms with Crippen LogP contribution in [0.25, 0.3) is 0 Å². The van der Waals surface area contributed by atoms with Crippen molar-refractivity contribution in [3.63, 3.8) is 0 Å². The quantitative estimate of drug-likeness (QED) is 0.162. The molecule has 0 fully saturated rings. The molecule has 0 atom stereocenters. The highest BCUT2D eigenvalue weighted by atomic mass is 79.9. The highest BCUT2D eigenvalue weighted by Gasteiger charge is 2.25. The molecular formula is C34H53BrClN5O4Si. The number of hydrogen-bond acceptors (Lipinski definition) is 6. The highest BCUT2D eigenvalue weighted by molar-refractivity contribution is 9.10. The average molecular weight is 739 g/mol. The fraction of sp³-hybridized carbons (Fsp3) is 0.412. The summed E-state index contributed by atoms with van der Waals surface area (Å²) < 4.78 is 0.728. The summed E-state index contributed by atoms with van der Waals surface area (Å²) in [5.74, 6) is -1.11. The van der Waals surface area contributed by atoms with Gasteiger partial charge in [0, 0.05) is 48.2 Å². The first kappa shape index (κ1) is 47.0. The van der Waals surface area contributed by atoms with E-state index in [0.29, 0.717) is 11.4 Å². The van der Waals surface area contributed by atoms with Gasteiger partial charge in [0.2, 0.25) is 0 Å². The van der Waals surface area contributed by atoms with Gasteiger partial charge in [0.1, 0.15) is 24.5 Å². The zero-order valence-corrected chi connectivity index (χ0v) is 31.8. The zero-order valence-electron chi connectivity index (χ0n) is 28.4. The Labute approximate surface area is 291 Å². The molecule has 0 bridgehead atoms. The van der Waals surface area contributed by atoms with Gasteiger partial charge >= 0.3 is 5.97 Å². The minimum atomic E-state index is -1.14. The van der Waals surface area contributed by atoms with E-state index in [1.807, 2.05) is 53.7 Å². The number of pyridine rings is 3. The number of nitrogens with zero attached hydrogens (tertiary/aromatic N) is 5. The number of halogens is 2. The van der Waals surface area contributed by atoms with E-state index in [2.05, 4.69) is 63.7 Å². The Morgan fingerprint density at radius 2 is 1.11 bits per heavy atom. The minimum absolute atomic E-state index is 0. The molecule has 0 saturated heterocycles. The maximum absolute atomic E-state index is 12.0. The van der Waals surface area contributed by atoms with Crippen molar-refractivity contribution in [1.82, 2.24) is 24.8 Å². The van der Waals surface area contributed by atoms with Gasteiger partial charge in [0.25, 0.3) is 11.8 Å². The minimum Gasteiger partial charge on any atom is -0.477 e. The fourth-order valence-electron chi connectivity index (χ4n) is 2.46. The topological polar surface area (TPSA) is 117 Å². The van der Waals surface area contributed by atoms with Gasteiger partial charge in [-0.2, -0.15) is 11.1 Å². The van der Waals surface area contributed by atoms with Crippen LogP contribution < -0.4 is 0 Å². The van der Waals surface area contributed by atoms with E-state index in [-0.39, 0.29) is 36.0 Å². The Balaban J connectivity index is -0.000000553. The fourth-order valence-corrected chi connectivity index (χ4v) is 2.89. The molecule has 2 amide bonds. The van der Waals surface area contributed by atoms with Crippen molar-refractivity contribution in [2.45, 2.75) is 79.7 Å². The third-order valence-electron chi connectivity index (χ3n) is 5.35. The standard InChI is InChI=1S/C11H15BrN2O.C11H16N2O.C6H5NO2.C3H9ClSi.C2H4.CH4/c1-11(2,3)14(4)10(15)9-8(12)6-5-7-13-9;1-11(2,3)13(4)10(14)9-7-5-6-8-12-9;8-6(9)5-3-1-2-4-7-5;1-5(2,3)4;1-2;/h5-7H,1-4H3;5-8H,1-4H3;1-4H,(H,8,9);1-3H3;1-2H2;1H4. The molecule has 0 unspecified atom stereocenters. The Morgan fingerprint density at radius 3 is 1.41 bits per heavy atom. The van der Waals surface area contributed by atoms with Gasteiger partial charge in [-0.1, -0.05) is 39.2 Å². The Bertz CT molecular complexity index is 1310. The van der Waals surface area contributed by atoms with Gasteiger partial charge in [-0.3, -0.25) is 14.6 Å². The summed E-state index contributed by atoms with van der Waals surface area (Å²) in [5, 5.41) is 8.32. The van der Waals surface area contributed by atoms with Crippen LogP contribution in [0.4, 0.5) is 0 Å². The van der Waals surface area contributed by atoms with Gasteiger partial charge in [0.05, 0.1) is 0 Å². The third-order valence-corrected chi connectivity index (χ3v) is 5.99. The van der Waals surface area contributed by atoms with Crippen molar-refractivity contribution in [3.8, 4) is 0 Å². The molecule has 0 aliphatic rings. The second kappa shape index (κ2) is 22.2. The predicted molar refractivity (Wildman–Crippen MR) is 198 cm³/mol. The molecule has 256 valence electrons. The number of aromatic nitrogens is 3. The Kier molecular flexibility index (Phi) is 22.7. The van der Waals surface area contributed by atoms with E-state index in [4.69, 9.17) is 16.2 Å². The summed E-state index contributed by atoms with van der Waals surface area (Å²) in [6.07, 6.45) is 4.70. The molecule has 3 aromatic heterocycles. The third kappa shape index (κ3) is 20.6. The lowest BCUT2D eigenvalue weighted by Crippen LogP contribution is -2.42. The van der Waals surface area contributed by atoms with Crippen molar-refractivity contribution in [3.05, 3.63) is 102 Å². The molecule has 3 heterocycles. The van der Waals surface area contributed by atoms with Gasteiger partial charge in [-0.25, -0.2) is 14.8 Å². The number of rotatable bonds is 3. The van der Waals surface area contributed by atoms with E-state index < -0.39 is 13.4 Å². The summed E-state index contributed by atoms with van der Waals surface area (Å²) >= 11 is 8.99. The summed E-state index contributed by atoms with van der Waals surface area (Å²) in [5.41, 5.74) is 0.653. The van der Waals surface area contributed by atoms with Crippen LogP contribution in [0.3, 0.4) is 0 Å². The number of carbonyl (C=O) groups is 3. The van der Waals surface area contributed by atoms with Crippen molar-refractivity contribution in [2.24, 2.45) is 0 Å². The monoisotopic (exact) mass is 737 g/mol. The van der Waals surface area contributed by atoms with Crippen LogP contribution in [0, 0.1) is 0 Å². The smallest absolute Gasteiger partial charge is 0.354 e. The van der Waals surface area contributed by atoms with E-state index in [0.717, 1.165) is 4.47 Å². The lowest BCUT2D eigenvalue weighted by molar-refractivity contribution is 0.0640. The summed E-state index contributed by atoms with van der Waals surface area (Å²) in [6, 6.07) is 13.7. The van der Waals surface area contributed by atoms with Crippen molar-refractivity contribution in [2.75, 3.05) is 14.1 Å². The molecule has 9 nitrogen and oxygen atoms in total. The Morgan fingerprint density at radius 1 is 0.739 bits per heavy atom. The number of carbonyl (C=O) groups excluding carboxylic acids is 2.